The largest absolute Gasteiger partial charge is 0.378 e. The second-order valence-electron chi connectivity index (χ2n) is 3.80. The first-order valence-corrected chi connectivity index (χ1v) is 4.97. The number of halogens is 1. The number of ether oxygens (including phenoxy) is 1. The maximum absolute atomic E-state index is 12.9. The molecule has 4 nitrogen and oxygen atoms in total. The molecule has 1 aliphatic rings. The van der Waals surface area contributed by atoms with Crippen LogP contribution in [0.4, 0.5) is 10.1 Å². The van der Waals surface area contributed by atoms with Crippen LogP contribution in [0.1, 0.15) is 6.42 Å². The van der Waals surface area contributed by atoms with Gasteiger partial charge in [-0.25, -0.2) is 4.39 Å². The van der Waals surface area contributed by atoms with E-state index in [4.69, 9.17) is 4.74 Å². The van der Waals surface area contributed by atoms with Gasteiger partial charge in [-0.15, -0.1) is 0 Å². The number of amides is 1. The van der Waals surface area contributed by atoms with E-state index in [0.717, 1.165) is 0 Å². The fourth-order valence-electron chi connectivity index (χ4n) is 1.55. The van der Waals surface area contributed by atoms with Gasteiger partial charge >= 0.3 is 0 Å². The highest BCUT2D eigenvalue weighted by molar-refractivity contribution is 5.97. The second-order valence-corrected chi connectivity index (χ2v) is 3.80. The molecule has 1 atom stereocenters. The number of hydrogen-bond acceptors (Lipinski definition) is 3. The van der Waals surface area contributed by atoms with Crippen molar-refractivity contribution in [1.82, 2.24) is 0 Å². The molecule has 0 aromatic heterocycles. The van der Waals surface area contributed by atoms with Crippen molar-refractivity contribution >= 4 is 11.6 Å². The molecule has 1 aromatic rings. The molecule has 0 unspecified atom stereocenters. The molecule has 0 saturated carbocycles. The van der Waals surface area contributed by atoms with Gasteiger partial charge in [-0.3, -0.25) is 4.79 Å². The summed E-state index contributed by atoms with van der Waals surface area (Å²) in [6.07, 6.45) is 0.258. The van der Waals surface area contributed by atoms with E-state index in [-0.39, 0.29) is 13.0 Å². The summed E-state index contributed by atoms with van der Waals surface area (Å²) in [5.74, 6) is -0.997. The lowest BCUT2D eigenvalue weighted by atomic mass is 10.0. The molecule has 5 heteroatoms. The number of aliphatic hydroxyl groups is 1. The number of anilines is 1. The Morgan fingerprint density at radius 2 is 2.38 bits per heavy atom. The van der Waals surface area contributed by atoms with Crippen LogP contribution < -0.4 is 5.32 Å². The van der Waals surface area contributed by atoms with E-state index >= 15 is 0 Å². The predicted octanol–water partition coefficient (Wildman–Crippen LogP) is 0.916. The molecule has 1 heterocycles. The van der Waals surface area contributed by atoms with E-state index in [1.54, 1.807) is 6.07 Å². The van der Waals surface area contributed by atoms with Crippen LogP contribution in [0.5, 0.6) is 0 Å². The normalized spacial score (nSPS) is 24.4. The van der Waals surface area contributed by atoms with Gasteiger partial charge in [0, 0.05) is 12.1 Å². The molecule has 2 rings (SSSR count). The number of carbonyl (C=O) groups is 1. The lowest BCUT2D eigenvalue weighted by Gasteiger charge is -2.19. The van der Waals surface area contributed by atoms with Crippen molar-refractivity contribution in [3.63, 3.8) is 0 Å². The van der Waals surface area contributed by atoms with Gasteiger partial charge < -0.3 is 15.2 Å². The Bertz CT molecular complexity index is 402. The molecular formula is C11H12FNO3. The number of benzene rings is 1. The number of hydrogen-bond donors (Lipinski definition) is 2. The quantitative estimate of drug-likeness (QED) is 0.786. The fraction of sp³-hybridized carbons (Fsp3) is 0.364. The van der Waals surface area contributed by atoms with Gasteiger partial charge in [-0.05, 0) is 18.2 Å². The molecule has 0 aliphatic carbocycles. The van der Waals surface area contributed by atoms with Gasteiger partial charge in [0.1, 0.15) is 5.82 Å². The number of carbonyl (C=O) groups excluding carboxylic acids is 1. The van der Waals surface area contributed by atoms with Crippen LogP contribution in [0, 0.1) is 5.82 Å². The average Bonchev–Trinajstić information content (AvgIpc) is 2.66. The maximum Gasteiger partial charge on any atom is 0.258 e. The fourth-order valence-corrected chi connectivity index (χ4v) is 1.55. The zero-order chi connectivity index (χ0) is 11.6. The zero-order valence-electron chi connectivity index (χ0n) is 8.57. The molecule has 0 bridgehead atoms. The lowest BCUT2D eigenvalue weighted by Crippen LogP contribution is -2.43. The van der Waals surface area contributed by atoms with Gasteiger partial charge in [-0.2, -0.15) is 0 Å². The Balaban J connectivity index is 2.07. The highest BCUT2D eigenvalue weighted by Gasteiger charge is 2.40. The minimum atomic E-state index is -1.49. The summed E-state index contributed by atoms with van der Waals surface area (Å²) < 4.78 is 17.8. The number of nitrogens with one attached hydrogen (secondary N) is 1. The summed E-state index contributed by atoms with van der Waals surface area (Å²) in [7, 11) is 0. The minimum Gasteiger partial charge on any atom is -0.378 e. The third-order valence-corrected chi connectivity index (χ3v) is 2.51. The number of rotatable bonds is 2. The predicted molar refractivity (Wildman–Crippen MR) is 55.4 cm³/mol. The molecule has 0 radical (unpaired) electrons. The molecule has 86 valence electrons. The molecule has 2 N–H and O–H groups in total. The Labute approximate surface area is 92.0 Å². The first-order chi connectivity index (χ1) is 7.60. The van der Waals surface area contributed by atoms with Crippen molar-refractivity contribution in [3.05, 3.63) is 30.1 Å². The molecule has 1 aromatic carbocycles. The summed E-state index contributed by atoms with van der Waals surface area (Å²) >= 11 is 0. The molecule has 1 amide bonds. The van der Waals surface area contributed by atoms with Crippen LogP contribution >= 0.6 is 0 Å². The van der Waals surface area contributed by atoms with Gasteiger partial charge in [0.2, 0.25) is 0 Å². The van der Waals surface area contributed by atoms with Gasteiger partial charge in [-0.1, -0.05) is 6.07 Å². The Morgan fingerprint density at radius 3 is 3.00 bits per heavy atom. The Hall–Kier alpha value is -1.46. The highest BCUT2D eigenvalue weighted by Crippen LogP contribution is 2.20. The molecular weight excluding hydrogens is 213 g/mol. The maximum atomic E-state index is 12.9. The molecule has 1 aliphatic heterocycles. The highest BCUT2D eigenvalue weighted by atomic mass is 19.1. The third-order valence-electron chi connectivity index (χ3n) is 2.51. The second kappa shape index (κ2) is 4.19. The molecule has 16 heavy (non-hydrogen) atoms. The van der Waals surface area contributed by atoms with E-state index < -0.39 is 17.3 Å². The topological polar surface area (TPSA) is 58.6 Å². The monoisotopic (exact) mass is 225 g/mol. The van der Waals surface area contributed by atoms with Crippen LogP contribution in [0.15, 0.2) is 24.3 Å². The summed E-state index contributed by atoms with van der Waals surface area (Å²) in [5.41, 5.74) is -1.17. The van der Waals surface area contributed by atoms with Gasteiger partial charge in [0.25, 0.3) is 5.91 Å². The molecule has 1 fully saturated rings. The van der Waals surface area contributed by atoms with Crippen molar-refractivity contribution in [2.75, 3.05) is 18.5 Å². The van der Waals surface area contributed by atoms with E-state index in [1.165, 1.54) is 18.2 Å². The van der Waals surface area contributed by atoms with Gasteiger partial charge in [0.05, 0.1) is 13.2 Å². The summed E-state index contributed by atoms with van der Waals surface area (Å²) in [6, 6.07) is 5.51. The average molecular weight is 225 g/mol. The smallest absolute Gasteiger partial charge is 0.258 e. The van der Waals surface area contributed by atoms with E-state index in [1.807, 2.05) is 0 Å². The summed E-state index contributed by atoms with van der Waals surface area (Å²) in [4.78, 5) is 11.7. The summed E-state index contributed by atoms with van der Waals surface area (Å²) in [5, 5.41) is 12.3. The van der Waals surface area contributed by atoms with E-state index in [9.17, 15) is 14.3 Å². The van der Waals surface area contributed by atoms with Crippen molar-refractivity contribution < 1.29 is 19.0 Å². The van der Waals surface area contributed by atoms with E-state index in [2.05, 4.69) is 5.32 Å². The zero-order valence-corrected chi connectivity index (χ0v) is 8.57. The van der Waals surface area contributed by atoms with Crippen molar-refractivity contribution in [1.29, 1.82) is 0 Å². The van der Waals surface area contributed by atoms with Crippen LogP contribution in [0.25, 0.3) is 0 Å². The van der Waals surface area contributed by atoms with Crippen LogP contribution in [0.3, 0.4) is 0 Å². The van der Waals surface area contributed by atoms with Crippen molar-refractivity contribution in [2.24, 2.45) is 0 Å². The standard InChI is InChI=1S/C11H12FNO3/c12-8-2-1-3-9(6-8)13-10(14)11(15)4-5-16-7-11/h1-3,6,15H,4-5,7H2,(H,13,14)/t11-/m1/s1. The van der Waals surface area contributed by atoms with E-state index in [0.29, 0.717) is 12.3 Å². The van der Waals surface area contributed by atoms with Crippen molar-refractivity contribution in [2.45, 2.75) is 12.0 Å². The SMILES string of the molecule is O=C(Nc1cccc(F)c1)[C@@]1(O)CCOC1. The summed E-state index contributed by atoms with van der Waals surface area (Å²) in [6.45, 7) is 0.335. The first kappa shape index (κ1) is 11.0. The molecule has 1 saturated heterocycles. The Morgan fingerprint density at radius 1 is 1.56 bits per heavy atom. The lowest BCUT2D eigenvalue weighted by molar-refractivity contribution is -0.133. The van der Waals surface area contributed by atoms with Crippen molar-refractivity contribution in [3.8, 4) is 0 Å². The van der Waals surface area contributed by atoms with Crippen LogP contribution in [-0.4, -0.2) is 29.8 Å². The molecule has 0 spiro atoms. The Kier molecular flexibility index (Phi) is 2.89. The first-order valence-electron chi connectivity index (χ1n) is 4.97. The van der Waals surface area contributed by atoms with Crippen LogP contribution in [0.2, 0.25) is 0 Å². The third kappa shape index (κ3) is 2.20. The minimum absolute atomic E-state index is 0.0197. The van der Waals surface area contributed by atoms with Crippen LogP contribution in [-0.2, 0) is 9.53 Å². The van der Waals surface area contributed by atoms with Gasteiger partial charge in [0.15, 0.2) is 5.60 Å².